The van der Waals surface area contributed by atoms with Crippen molar-refractivity contribution in [1.82, 2.24) is 0 Å². The molecule has 1 aromatic carbocycles. The smallest absolute Gasteiger partial charge is 0.127 e. The second-order valence-corrected chi connectivity index (χ2v) is 3.21. The Balaban J connectivity index is 3.25. The summed E-state index contributed by atoms with van der Waals surface area (Å²) in [4.78, 5) is 0. The number of hydrogen-bond acceptors (Lipinski definition) is 2. The highest BCUT2D eigenvalue weighted by Crippen LogP contribution is 2.28. The van der Waals surface area contributed by atoms with E-state index >= 15 is 0 Å². The van der Waals surface area contributed by atoms with Gasteiger partial charge in [0.05, 0.1) is 13.7 Å². The molecule has 0 atom stereocenters. The molecule has 2 nitrogen and oxygen atoms in total. The molecule has 0 heterocycles. The normalized spacial score (nSPS) is 10.2. The summed E-state index contributed by atoms with van der Waals surface area (Å²) in [7, 11) is 1.60. The highest BCUT2D eigenvalue weighted by Gasteiger charge is 2.08. The number of hydrogen-bond donors (Lipinski definition) is 1. The lowest BCUT2D eigenvalue weighted by molar-refractivity contribution is 0.273. The molecule has 13 heavy (non-hydrogen) atoms. The van der Waals surface area contributed by atoms with Crippen LogP contribution in [0, 0.1) is 0 Å². The third-order valence-electron chi connectivity index (χ3n) is 1.96. The summed E-state index contributed by atoms with van der Waals surface area (Å²) in [5.41, 5.74) is 1.77. The molecule has 0 aliphatic carbocycles. The minimum atomic E-state index is -0.0449. The van der Waals surface area contributed by atoms with Crippen molar-refractivity contribution in [1.29, 1.82) is 0 Å². The summed E-state index contributed by atoms with van der Waals surface area (Å²) >= 11 is 5.87. The fourth-order valence-electron chi connectivity index (χ4n) is 1.35. The van der Waals surface area contributed by atoms with Crippen molar-refractivity contribution in [3.63, 3.8) is 0 Å². The monoisotopic (exact) mass is 200 g/mol. The van der Waals surface area contributed by atoms with E-state index in [0.717, 1.165) is 23.3 Å². The molecule has 0 aromatic heterocycles. The number of aryl methyl sites for hydroxylation is 1. The average molecular weight is 201 g/mol. The summed E-state index contributed by atoms with van der Waals surface area (Å²) < 4.78 is 5.19. The molecule has 0 amide bonds. The molecule has 0 aliphatic heterocycles. The van der Waals surface area contributed by atoms with Crippen molar-refractivity contribution in [2.75, 3.05) is 7.11 Å². The zero-order chi connectivity index (χ0) is 9.84. The van der Waals surface area contributed by atoms with E-state index in [1.165, 1.54) is 0 Å². The van der Waals surface area contributed by atoms with Crippen molar-refractivity contribution in [3.05, 3.63) is 28.3 Å². The van der Waals surface area contributed by atoms with Crippen LogP contribution in [0.25, 0.3) is 0 Å². The lowest BCUT2D eigenvalue weighted by Gasteiger charge is -2.11. The third kappa shape index (κ3) is 2.14. The van der Waals surface area contributed by atoms with E-state index < -0.39 is 0 Å². The standard InChI is InChI=1S/C10H13ClO2/c1-3-7-4-9(11)5-8(6-12)10(7)13-2/h4-5,12H,3,6H2,1-2H3. The Labute approximate surface area is 83.1 Å². The van der Waals surface area contributed by atoms with Crippen LogP contribution in [0.3, 0.4) is 0 Å². The zero-order valence-corrected chi connectivity index (χ0v) is 8.56. The third-order valence-corrected chi connectivity index (χ3v) is 2.18. The number of methoxy groups -OCH3 is 1. The van der Waals surface area contributed by atoms with Crippen LogP contribution in [0.4, 0.5) is 0 Å². The van der Waals surface area contributed by atoms with Crippen LogP contribution in [0.5, 0.6) is 5.75 Å². The first kappa shape index (κ1) is 10.4. The molecule has 1 N–H and O–H groups in total. The van der Waals surface area contributed by atoms with Gasteiger partial charge in [-0.3, -0.25) is 0 Å². The first-order chi connectivity index (χ1) is 6.22. The molecule has 0 fully saturated rings. The lowest BCUT2D eigenvalue weighted by Crippen LogP contribution is -1.96. The number of rotatable bonds is 3. The number of aliphatic hydroxyl groups is 1. The topological polar surface area (TPSA) is 29.5 Å². The maximum Gasteiger partial charge on any atom is 0.127 e. The van der Waals surface area contributed by atoms with E-state index in [0.29, 0.717) is 5.02 Å². The van der Waals surface area contributed by atoms with Gasteiger partial charge in [0.2, 0.25) is 0 Å². The van der Waals surface area contributed by atoms with E-state index in [9.17, 15) is 0 Å². The minimum Gasteiger partial charge on any atom is -0.496 e. The molecule has 0 spiro atoms. The number of ether oxygens (including phenoxy) is 1. The SMILES string of the molecule is CCc1cc(Cl)cc(CO)c1OC. The summed E-state index contributed by atoms with van der Waals surface area (Å²) in [5.74, 6) is 0.745. The van der Waals surface area contributed by atoms with Crippen LogP contribution < -0.4 is 4.74 Å². The van der Waals surface area contributed by atoms with Gasteiger partial charge in [0.1, 0.15) is 5.75 Å². The Morgan fingerprint density at radius 3 is 2.46 bits per heavy atom. The Morgan fingerprint density at radius 1 is 1.38 bits per heavy atom. The maximum atomic E-state index is 9.06. The summed E-state index contributed by atoms with van der Waals surface area (Å²) in [5, 5.41) is 9.70. The lowest BCUT2D eigenvalue weighted by atomic mass is 10.1. The van der Waals surface area contributed by atoms with Crippen LogP contribution in [-0.2, 0) is 13.0 Å². The van der Waals surface area contributed by atoms with E-state index in [2.05, 4.69) is 0 Å². The first-order valence-electron chi connectivity index (χ1n) is 4.19. The molecule has 1 rings (SSSR count). The molecular formula is C10H13ClO2. The van der Waals surface area contributed by atoms with Gasteiger partial charge in [0.15, 0.2) is 0 Å². The van der Waals surface area contributed by atoms with Crippen LogP contribution in [0.2, 0.25) is 5.02 Å². The fraction of sp³-hybridized carbons (Fsp3) is 0.400. The van der Waals surface area contributed by atoms with Gasteiger partial charge in [-0.1, -0.05) is 18.5 Å². The molecular weight excluding hydrogens is 188 g/mol. The molecule has 0 saturated carbocycles. The van der Waals surface area contributed by atoms with E-state index in [4.69, 9.17) is 21.4 Å². The van der Waals surface area contributed by atoms with Gasteiger partial charge >= 0.3 is 0 Å². The van der Waals surface area contributed by atoms with Crippen molar-refractivity contribution >= 4 is 11.6 Å². The molecule has 0 unspecified atom stereocenters. The van der Waals surface area contributed by atoms with Gasteiger partial charge < -0.3 is 9.84 Å². The maximum absolute atomic E-state index is 9.06. The Kier molecular flexibility index (Phi) is 3.58. The van der Waals surface area contributed by atoms with Gasteiger partial charge in [-0.25, -0.2) is 0 Å². The second kappa shape index (κ2) is 4.49. The van der Waals surface area contributed by atoms with Gasteiger partial charge in [0.25, 0.3) is 0 Å². The first-order valence-corrected chi connectivity index (χ1v) is 4.56. The highest BCUT2D eigenvalue weighted by atomic mass is 35.5. The van der Waals surface area contributed by atoms with Gasteiger partial charge in [-0.05, 0) is 24.1 Å². The molecule has 3 heteroatoms. The van der Waals surface area contributed by atoms with Gasteiger partial charge in [-0.2, -0.15) is 0 Å². The van der Waals surface area contributed by atoms with Crippen molar-refractivity contribution in [3.8, 4) is 5.75 Å². The van der Waals surface area contributed by atoms with Gasteiger partial charge in [0, 0.05) is 10.6 Å². The fourth-order valence-corrected chi connectivity index (χ4v) is 1.62. The Hall–Kier alpha value is -0.730. The summed E-state index contributed by atoms with van der Waals surface area (Å²) in [6.07, 6.45) is 0.844. The molecule has 0 saturated heterocycles. The number of aliphatic hydroxyl groups excluding tert-OH is 1. The van der Waals surface area contributed by atoms with Crippen LogP contribution in [0.1, 0.15) is 18.1 Å². The van der Waals surface area contributed by atoms with Crippen molar-refractivity contribution < 1.29 is 9.84 Å². The quantitative estimate of drug-likeness (QED) is 0.812. The molecule has 1 aromatic rings. The minimum absolute atomic E-state index is 0.0449. The van der Waals surface area contributed by atoms with Crippen molar-refractivity contribution in [2.24, 2.45) is 0 Å². The van der Waals surface area contributed by atoms with E-state index in [1.807, 2.05) is 13.0 Å². The van der Waals surface area contributed by atoms with Crippen LogP contribution >= 0.6 is 11.6 Å². The van der Waals surface area contributed by atoms with Crippen LogP contribution in [-0.4, -0.2) is 12.2 Å². The Bertz CT molecular complexity index is 272. The molecule has 0 bridgehead atoms. The largest absolute Gasteiger partial charge is 0.496 e. The zero-order valence-electron chi connectivity index (χ0n) is 7.80. The molecule has 0 radical (unpaired) electrons. The summed E-state index contributed by atoms with van der Waals surface area (Å²) in [6.45, 7) is 1.98. The number of benzene rings is 1. The van der Waals surface area contributed by atoms with Crippen molar-refractivity contribution in [2.45, 2.75) is 20.0 Å². The van der Waals surface area contributed by atoms with Gasteiger partial charge in [-0.15, -0.1) is 0 Å². The predicted molar refractivity (Wildman–Crippen MR) is 53.3 cm³/mol. The van der Waals surface area contributed by atoms with E-state index in [-0.39, 0.29) is 6.61 Å². The predicted octanol–water partition coefficient (Wildman–Crippen LogP) is 2.40. The second-order valence-electron chi connectivity index (χ2n) is 2.77. The average Bonchev–Trinajstić information content (AvgIpc) is 2.16. The molecule has 72 valence electrons. The molecule has 0 aliphatic rings. The highest BCUT2D eigenvalue weighted by molar-refractivity contribution is 6.30. The Morgan fingerprint density at radius 2 is 2.00 bits per heavy atom. The summed E-state index contributed by atoms with van der Waals surface area (Å²) in [6, 6.07) is 3.58. The van der Waals surface area contributed by atoms with Crippen LogP contribution in [0.15, 0.2) is 12.1 Å². The van der Waals surface area contributed by atoms with E-state index in [1.54, 1.807) is 13.2 Å². The number of halogens is 1.